The summed E-state index contributed by atoms with van der Waals surface area (Å²) < 4.78 is 41.6. The number of anilines is 2. The monoisotopic (exact) mass is 434 g/mol. The van der Waals surface area contributed by atoms with Gasteiger partial charge in [-0.1, -0.05) is 60.7 Å². The number of allylic oxidation sites excluding steroid dienone is 1. The van der Waals surface area contributed by atoms with Crippen molar-refractivity contribution >= 4 is 17.2 Å². The zero-order valence-corrected chi connectivity index (χ0v) is 17.1. The number of nitrogens with one attached hydrogen (secondary N) is 2. The molecule has 1 heterocycles. The summed E-state index contributed by atoms with van der Waals surface area (Å²) in [6, 6.07) is 21.7. The number of carbonyl (C=O) groups excluding carboxylic acids is 1. The molecule has 0 amide bonds. The van der Waals surface area contributed by atoms with E-state index in [0.29, 0.717) is 23.4 Å². The first kappa shape index (κ1) is 20.4. The minimum atomic E-state index is -4.53. The summed E-state index contributed by atoms with van der Waals surface area (Å²) in [4.78, 5) is 13.4. The van der Waals surface area contributed by atoms with Gasteiger partial charge in [-0.3, -0.25) is 4.79 Å². The highest BCUT2D eigenvalue weighted by atomic mass is 19.4. The van der Waals surface area contributed by atoms with Crippen LogP contribution in [0.1, 0.15) is 41.5 Å². The fraction of sp³-hybridized carbons (Fsp3) is 0.192. The summed E-state index contributed by atoms with van der Waals surface area (Å²) in [5.74, 6) is -0.173. The molecule has 32 heavy (non-hydrogen) atoms. The van der Waals surface area contributed by atoms with Crippen LogP contribution >= 0.6 is 0 Å². The highest BCUT2D eigenvalue weighted by molar-refractivity contribution is 6.01. The molecule has 0 saturated heterocycles. The smallest absolute Gasteiger partial charge is 0.372 e. The van der Waals surface area contributed by atoms with Crippen molar-refractivity contribution in [1.82, 2.24) is 0 Å². The minimum Gasteiger partial charge on any atom is -0.372 e. The molecule has 3 nitrogen and oxygen atoms in total. The molecule has 5 rings (SSSR count). The Hall–Kier alpha value is -3.54. The highest BCUT2D eigenvalue weighted by Crippen LogP contribution is 2.46. The number of rotatable bonds is 2. The van der Waals surface area contributed by atoms with Crippen molar-refractivity contribution < 1.29 is 18.0 Å². The maximum Gasteiger partial charge on any atom is 0.416 e. The molecular weight excluding hydrogens is 413 g/mol. The van der Waals surface area contributed by atoms with Gasteiger partial charge in [-0.05, 0) is 41.7 Å². The zero-order valence-electron chi connectivity index (χ0n) is 17.1. The minimum absolute atomic E-state index is 0.0290. The summed E-state index contributed by atoms with van der Waals surface area (Å²) >= 11 is 0. The van der Waals surface area contributed by atoms with Crippen molar-refractivity contribution in [2.24, 2.45) is 0 Å². The molecule has 0 saturated carbocycles. The number of hydrogen-bond acceptors (Lipinski definition) is 3. The van der Waals surface area contributed by atoms with Gasteiger partial charge in [0.2, 0.25) is 0 Å². The van der Waals surface area contributed by atoms with Gasteiger partial charge < -0.3 is 10.6 Å². The standard InChI is InChI=1S/C26H21F3N2O/c27-26(28,29)19-11-5-4-10-18(19)25-24-22(30-20-12-6-7-13-21(20)31-25)14-17(15-23(24)32)16-8-2-1-3-9-16/h1-13,17,25,30-31H,14-15H2/t17-,25-/m0/s1. The second-order valence-electron chi connectivity index (χ2n) is 8.16. The average molecular weight is 434 g/mol. The number of alkyl halides is 3. The number of Topliss-reactive ketones (excluding diaryl/α,β-unsaturated/α-hetero) is 1. The van der Waals surface area contributed by atoms with Gasteiger partial charge in [0, 0.05) is 17.7 Å². The fourth-order valence-electron chi connectivity index (χ4n) is 4.69. The van der Waals surface area contributed by atoms with Gasteiger partial charge in [0.15, 0.2) is 5.78 Å². The summed E-state index contributed by atoms with van der Waals surface area (Å²) in [5.41, 5.74) is 2.83. The summed E-state index contributed by atoms with van der Waals surface area (Å²) in [6.45, 7) is 0. The van der Waals surface area contributed by atoms with Gasteiger partial charge in [0.1, 0.15) is 0 Å². The van der Waals surface area contributed by atoms with E-state index in [1.807, 2.05) is 54.6 Å². The van der Waals surface area contributed by atoms with Crippen molar-refractivity contribution in [3.63, 3.8) is 0 Å². The Kier molecular flexibility index (Phi) is 5.00. The van der Waals surface area contributed by atoms with Crippen molar-refractivity contribution in [2.45, 2.75) is 31.0 Å². The van der Waals surface area contributed by atoms with Crippen LogP contribution in [0, 0.1) is 0 Å². The van der Waals surface area contributed by atoms with Crippen molar-refractivity contribution in [2.75, 3.05) is 10.6 Å². The molecule has 1 aliphatic heterocycles. The van der Waals surface area contributed by atoms with Crippen LogP contribution in [0.2, 0.25) is 0 Å². The Labute approximate surface area is 184 Å². The number of carbonyl (C=O) groups is 1. The summed E-state index contributed by atoms with van der Waals surface area (Å²) in [6.07, 6.45) is -3.72. The van der Waals surface area contributed by atoms with Crippen LogP contribution in [0.5, 0.6) is 0 Å². The third kappa shape index (κ3) is 3.66. The summed E-state index contributed by atoms with van der Waals surface area (Å²) in [7, 11) is 0. The molecule has 162 valence electrons. The Bertz CT molecular complexity index is 1200. The largest absolute Gasteiger partial charge is 0.416 e. The third-order valence-corrected chi connectivity index (χ3v) is 6.16. The zero-order chi connectivity index (χ0) is 22.3. The SMILES string of the molecule is O=C1C[C@@H](c2ccccc2)CC2=C1[C@H](c1ccccc1C(F)(F)F)Nc1ccccc1N2. The van der Waals surface area contributed by atoms with Gasteiger partial charge in [0.05, 0.1) is 23.0 Å². The number of ketones is 1. The maximum atomic E-state index is 13.9. The predicted octanol–water partition coefficient (Wildman–Crippen LogP) is 6.68. The first-order chi connectivity index (χ1) is 15.4. The topological polar surface area (TPSA) is 41.1 Å². The van der Waals surface area contributed by atoms with E-state index < -0.39 is 17.8 Å². The van der Waals surface area contributed by atoms with Gasteiger partial charge in [-0.15, -0.1) is 0 Å². The lowest BCUT2D eigenvalue weighted by atomic mass is 9.78. The van der Waals surface area contributed by atoms with E-state index in [4.69, 9.17) is 0 Å². The molecule has 6 heteroatoms. The third-order valence-electron chi connectivity index (χ3n) is 6.16. The van der Waals surface area contributed by atoms with Crippen molar-refractivity contribution in [3.05, 3.63) is 107 Å². The van der Waals surface area contributed by atoms with Crippen LogP contribution in [-0.2, 0) is 11.0 Å². The molecule has 0 spiro atoms. The lowest BCUT2D eigenvalue weighted by Crippen LogP contribution is -2.28. The first-order valence-corrected chi connectivity index (χ1v) is 10.5. The normalized spacial score (nSPS) is 20.5. The molecule has 2 N–H and O–H groups in total. The highest BCUT2D eigenvalue weighted by Gasteiger charge is 2.40. The Balaban J connectivity index is 1.66. The molecule has 2 atom stereocenters. The number of benzene rings is 3. The van der Waals surface area contributed by atoms with E-state index in [0.717, 1.165) is 17.3 Å². The van der Waals surface area contributed by atoms with Crippen LogP contribution in [0.4, 0.5) is 24.5 Å². The number of para-hydroxylation sites is 2. The van der Waals surface area contributed by atoms with E-state index in [1.54, 1.807) is 6.07 Å². The van der Waals surface area contributed by atoms with Crippen LogP contribution in [0.15, 0.2) is 90.1 Å². The molecule has 0 fully saturated rings. The van der Waals surface area contributed by atoms with Gasteiger partial charge in [-0.25, -0.2) is 0 Å². The van der Waals surface area contributed by atoms with Crippen molar-refractivity contribution in [3.8, 4) is 0 Å². The second kappa shape index (κ2) is 7.86. The Morgan fingerprint density at radius 3 is 2.19 bits per heavy atom. The van der Waals surface area contributed by atoms with Gasteiger partial charge >= 0.3 is 6.18 Å². The van der Waals surface area contributed by atoms with E-state index in [-0.39, 0.29) is 23.7 Å². The summed E-state index contributed by atoms with van der Waals surface area (Å²) in [5, 5.41) is 6.60. The Morgan fingerprint density at radius 2 is 1.44 bits per heavy atom. The fourth-order valence-corrected chi connectivity index (χ4v) is 4.69. The molecule has 0 bridgehead atoms. The molecule has 1 aliphatic carbocycles. The van der Waals surface area contributed by atoms with E-state index in [9.17, 15) is 18.0 Å². The number of halogens is 3. The molecule has 3 aromatic carbocycles. The van der Waals surface area contributed by atoms with E-state index >= 15 is 0 Å². The average Bonchev–Trinajstić information content (AvgIpc) is 2.96. The first-order valence-electron chi connectivity index (χ1n) is 10.5. The molecular formula is C26H21F3N2O. The van der Waals surface area contributed by atoms with Crippen LogP contribution in [-0.4, -0.2) is 5.78 Å². The molecule has 0 aromatic heterocycles. The molecule has 3 aromatic rings. The second-order valence-corrected chi connectivity index (χ2v) is 8.16. The molecule has 0 unspecified atom stereocenters. The van der Waals surface area contributed by atoms with Gasteiger partial charge in [0.25, 0.3) is 0 Å². The Morgan fingerprint density at radius 1 is 0.781 bits per heavy atom. The van der Waals surface area contributed by atoms with Crippen LogP contribution in [0.3, 0.4) is 0 Å². The maximum absolute atomic E-state index is 13.9. The lowest BCUT2D eigenvalue weighted by Gasteiger charge is -2.31. The quantitative estimate of drug-likeness (QED) is 0.472. The van der Waals surface area contributed by atoms with E-state index in [1.165, 1.54) is 12.1 Å². The lowest BCUT2D eigenvalue weighted by molar-refractivity contribution is -0.138. The van der Waals surface area contributed by atoms with E-state index in [2.05, 4.69) is 10.6 Å². The van der Waals surface area contributed by atoms with Gasteiger partial charge in [-0.2, -0.15) is 13.2 Å². The van der Waals surface area contributed by atoms with Crippen molar-refractivity contribution in [1.29, 1.82) is 0 Å². The number of hydrogen-bond donors (Lipinski definition) is 2. The van der Waals surface area contributed by atoms with Crippen LogP contribution in [0.25, 0.3) is 0 Å². The molecule has 0 radical (unpaired) electrons. The van der Waals surface area contributed by atoms with Crippen LogP contribution < -0.4 is 10.6 Å². The molecule has 2 aliphatic rings. The predicted molar refractivity (Wildman–Crippen MR) is 118 cm³/mol. The number of fused-ring (bicyclic) bond motifs is 1.